The minimum absolute atomic E-state index is 0.390. The largest absolute Gasteiger partial charge is 0.479 e. The Labute approximate surface area is 151 Å². The van der Waals surface area contributed by atoms with E-state index in [0.29, 0.717) is 23.8 Å². The molecule has 1 aliphatic rings. The summed E-state index contributed by atoms with van der Waals surface area (Å²) in [5, 5.41) is 3.17. The summed E-state index contributed by atoms with van der Waals surface area (Å²) in [4.78, 5) is 24.2. The molecule has 26 heavy (non-hydrogen) atoms. The van der Waals surface area contributed by atoms with Crippen molar-refractivity contribution in [2.75, 3.05) is 12.4 Å². The summed E-state index contributed by atoms with van der Waals surface area (Å²) in [6, 6.07) is 7.78. The summed E-state index contributed by atoms with van der Waals surface area (Å²) >= 11 is 0. The van der Waals surface area contributed by atoms with Gasteiger partial charge in [-0.25, -0.2) is 4.98 Å². The Hall–Kier alpha value is -2.87. The van der Waals surface area contributed by atoms with Crippen LogP contribution >= 0.6 is 0 Å². The summed E-state index contributed by atoms with van der Waals surface area (Å²) in [5.41, 5.74) is 2.46. The van der Waals surface area contributed by atoms with E-state index >= 15 is 0 Å². The van der Waals surface area contributed by atoms with Gasteiger partial charge in [-0.15, -0.1) is 0 Å². The van der Waals surface area contributed by atoms with Crippen molar-refractivity contribution in [2.45, 2.75) is 39.0 Å². The number of benzene rings is 1. The first-order valence-corrected chi connectivity index (χ1v) is 8.73. The highest BCUT2D eigenvalue weighted by Gasteiger charge is 2.23. The molecule has 136 valence electrons. The molecule has 1 unspecified atom stereocenters. The van der Waals surface area contributed by atoms with Crippen LogP contribution in [0.5, 0.6) is 11.6 Å². The minimum Gasteiger partial charge on any atom is -0.479 e. The van der Waals surface area contributed by atoms with Gasteiger partial charge in [0.05, 0.1) is 13.4 Å². The van der Waals surface area contributed by atoms with Crippen molar-refractivity contribution in [1.29, 1.82) is 0 Å². The number of fused-ring (bicyclic) bond motifs is 2. The number of hydrogen-bond donors (Lipinski definition) is 1. The lowest BCUT2D eigenvalue weighted by molar-refractivity contribution is -0.246. The third-order valence-electron chi connectivity index (χ3n) is 4.30. The molecule has 1 aromatic carbocycles. The van der Waals surface area contributed by atoms with Gasteiger partial charge >= 0.3 is 0 Å². The topological polar surface area (TPSA) is 83.3 Å². The van der Waals surface area contributed by atoms with Crippen LogP contribution in [0.25, 0.3) is 11.2 Å². The van der Waals surface area contributed by atoms with Gasteiger partial charge in [-0.3, -0.25) is 0 Å². The van der Waals surface area contributed by atoms with E-state index < -0.39 is 0 Å². The molecule has 3 heterocycles. The van der Waals surface area contributed by atoms with Gasteiger partial charge in [0.2, 0.25) is 11.8 Å². The average molecular weight is 355 g/mol. The molecule has 1 atom stereocenters. The molecule has 0 radical (unpaired) electrons. The molecular formula is C18H21N5O3. The van der Waals surface area contributed by atoms with Gasteiger partial charge in [0.15, 0.2) is 23.1 Å². The normalized spacial score (nSPS) is 16.2. The van der Waals surface area contributed by atoms with E-state index in [1.54, 1.807) is 13.4 Å². The first-order chi connectivity index (χ1) is 12.8. The van der Waals surface area contributed by atoms with Crippen LogP contribution in [-0.4, -0.2) is 32.9 Å². The molecule has 0 spiro atoms. The molecule has 1 N–H and O–H groups in total. The van der Waals surface area contributed by atoms with Gasteiger partial charge < -0.3 is 19.5 Å². The number of hydrogen-bond acceptors (Lipinski definition) is 7. The summed E-state index contributed by atoms with van der Waals surface area (Å²) in [7, 11) is 1.58. The number of nitrogens with one attached hydrogen (secondary N) is 1. The van der Waals surface area contributed by atoms with Crippen molar-refractivity contribution in [1.82, 2.24) is 19.5 Å². The van der Waals surface area contributed by atoms with Crippen LogP contribution in [0, 0.1) is 0 Å². The minimum atomic E-state index is -0.390. The van der Waals surface area contributed by atoms with E-state index in [1.807, 2.05) is 28.8 Å². The molecule has 0 bridgehead atoms. The fourth-order valence-corrected chi connectivity index (χ4v) is 2.93. The number of aryl methyl sites for hydroxylation is 1. The van der Waals surface area contributed by atoms with E-state index in [1.165, 1.54) is 0 Å². The van der Waals surface area contributed by atoms with Crippen molar-refractivity contribution >= 4 is 17.1 Å². The Balaban J connectivity index is 1.60. The van der Waals surface area contributed by atoms with Gasteiger partial charge in [0, 0.05) is 18.5 Å². The maximum absolute atomic E-state index is 5.42. The molecule has 2 aromatic heterocycles. The van der Waals surface area contributed by atoms with E-state index in [2.05, 4.69) is 27.2 Å². The number of methoxy groups -OCH3 is 1. The third kappa shape index (κ3) is 3.15. The van der Waals surface area contributed by atoms with E-state index in [9.17, 15) is 0 Å². The Morgan fingerprint density at radius 1 is 1.31 bits per heavy atom. The summed E-state index contributed by atoms with van der Waals surface area (Å²) < 4.78 is 7.41. The number of rotatable bonds is 6. The Kier molecular flexibility index (Phi) is 4.57. The zero-order chi connectivity index (χ0) is 17.9. The van der Waals surface area contributed by atoms with Crippen LogP contribution in [0.1, 0.15) is 25.3 Å². The summed E-state index contributed by atoms with van der Waals surface area (Å²) in [6.07, 6.45) is 4.18. The van der Waals surface area contributed by atoms with Gasteiger partial charge in [-0.2, -0.15) is 14.9 Å². The molecule has 3 aromatic rings. The van der Waals surface area contributed by atoms with Gasteiger partial charge in [0.25, 0.3) is 0 Å². The first kappa shape index (κ1) is 16.6. The molecule has 1 aliphatic heterocycles. The third-order valence-corrected chi connectivity index (χ3v) is 4.30. The molecule has 0 saturated carbocycles. The fourth-order valence-electron chi connectivity index (χ4n) is 2.93. The quantitative estimate of drug-likeness (QED) is 0.681. The number of imidazole rings is 1. The van der Waals surface area contributed by atoms with Crippen molar-refractivity contribution in [2.24, 2.45) is 0 Å². The van der Waals surface area contributed by atoms with Gasteiger partial charge in [-0.05, 0) is 12.5 Å². The predicted octanol–water partition coefficient (Wildman–Crippen LogP) is 2.94. The Morgan fingerprint density at radius 3 is 3.04 bits per heavy atom. The lowest BCUT2D eigenvalue weighted by atomic mass is 10.1. The number of nitrogens with zero attached hydrogens (tertiary/aromatic N) is 4. The molecule has 0 aliphatic carbocycles. The van der Waals surface area contributed by atoms with Crippen LogP contribution < -0.4 is 14.9 Å². The Bertz CT molecular complexity index is 911. The number of anilines is 1. The van der Waals surface area contributed by atoms with E-state index in [-0.39, 0.29) is 6.23 Å². The number of unbranched alkanes of at least 4 members (excludes halogenated alkanes) is 1. The van der Waals surface area contributed by atoms with Crippen LogP contribution in [0.15, 0.2) is 30.6 Å². The summed E-state index contributed by atoms with van der Waals surface area (Å²) in [6.45, 7) is 3.00. The fraction of sp³-hybridized carbons (Fsp3) is 0.389. The molecule has 8 heteroatoms. The highest BCUT2D eigenvalue weighted by molar-refractivity contribution is 5.77. The van der Waals surface area contributed by atoms with Crippen LogP contribution in [0.4, 0.5) is 5.95 Å². The molecule has 8 nitrogen and oxygen atoms in total. The zero-order valence-corrected chi connectivity index (χ0v) is 14.8. The lowest BCUT2D eigenvalue weighted by Crippen LogP contribution is -2.31. The highest BCUT2D eigenvalue weighted by Crippen LogP contribution is 2.27. The maximum atomic E-state index is 5.42. The molecule has 0 amide bonds. The van der Waals surface area contributed by atoms with Crippen LogP contribution in [-0.2, 0) is 17.9 Å². The molecule has 4 rings (SSSR count). The molecule has 0 fully saturated rings. The monoisotopic (exact) mass is 355 g/mol. The molecule has 0 saturated heterocycles. The SMILES string of the molecule is CCCCn1cnc2c(OC)nc(NC3Cc4ccccc4OO3)nc21. The number of ether oxygens (including phenoxy) is 1. The average Bonchev–Trinajstić information content (AvgIpc) is 3.08. The second-order valence-electron chi connectivity index (χ2n) is 6.14. The highest BCUT2D eigenvalue weighted by atomic mass is 17.2. The number of para-hydroxylation sites is 1. The van der Waals surface area contributed by atoms with E-state index in [4.69, 9.17) is 14.5 Å². The molecular weight excluding hydrogens is 334 g/mol. The first-order valence-electron chi connectivity index (χ1n) is 8.73. The Morgan fingerprint density at radius 2 is 2.19 bits per heavy atom. The second kappa shape index (κ2) is 7.17. The zero-order valence-electron chi connectivity index (χ0n) is 14.8. The van der Waals surface area contributed by atoms with Crippen molar-refractivity contribution < 1.29 is 14.5 Å². The van der Waals surface area contributed by atoms with E-state index in [0.717, 1.165) is 36.3 Å². The predicted molar refractivity (Wildman–Crippen MR) is 96.1 cm³/mol. The second-order valence-corrected chi connectivity index (χ2v) is 6.14. The standard InChI is InChI=1S/C18H21N5O3/c1-3-4-9-23-11-19-15-16(23)21-18(22-17(15)24-2)20-14-10-12-7-5-6-8-13(12)25-26-14/h5-8,11,14H,3-4,9-10H2,1-2H3,(H,20,21,22). The van der Waals surface area contributed by atoms with Crippen molar-refractivity contribution in [3.63, 3.8) is 0 Å². The maximum Gasteiger partial charge on any atom is 0.246 e. The van der Waals surface area contributed by atoms with Crippen molar-refractivity contribution in [3.8, 4) is 11.6 Å². The smallest absolute Gasteiger partial charge is 0.246 e. The lowest BCUT2D eigenvalue weighted by Gasteiger charge is -2.24. The van der Waals surface area contributed by atoms with Gasteiger partial charge in [-0.1, -0.05) is 31.5 Å². The van der Waals surface area contributed by atoms with Crippen molar-refractivity contribution in [3.05, 3.63) is 36.2 Å². The number of aromatic nitrogens is 4. The van der Waals surface area contributed by atoms with Crippen LogP contribution in [0.2, 0.25) is 0 Å². The van der Waals surface area contributed by atoms with Crippen LogP contribution in [0.3, 0.4) is 0 Å². The summed E-state index contributed by atoms with van der Waals surface area (Å²) in [5.74, 6) is 1.59. The van der Waals surface area contributed by atoms with Gasteiger partial charge in [0.1, 0.15) is 0 Å².